The van der Waals surface area contributed by atoms with Gasteiger partial charge < -0.3 is 14.8 Å². The molecule has 0 aromatic rings. The molecule has 116 valence electrons. The minimum Gasteiger partial charge on any atom is -0.462 e. The molecule has 6 nitrogen and oxygen atoms in total. The predicted molar refractivity (Wildman–Crippen MR) is 78.2 cm³/mol. The summed E-state index contributed by atoms with van der Waals surface area (Å²) in [5, 5.41) is 2.55. The fourth-order valence-corrected chi connectivity index (χ4v) is 1.12. The lowest BCUT2D eigenvalue weighted by molar-refractivity contribution is -0.144. The van der Waals surface area contributed by atoms with Crippen molar-refractivity contribution in [3.05, 3.63) is 37.0 Å². The molecule has 1 amide bonds. The maximum absolute atomic E-state index is 11.3. The van der Waals surface area contributed by atoms with Gasteiger partial charge in [-0.3, -0.25) is 4.79 Å². The minimum absolute atomic E-state index is 0.00735. The van der Waals surface area contributed by atoms with E-state index in [0.29, 0.717) is 0 Å². The molecule has 0 fully saturated rings. The van der Waals surface area contributed by atoms with Crippen molar-refractivity contribution in [1.82, 2.24) is 5.32 Å². The number of carbonyl (C=O) groups is 3. The highest BCUT2D eigenvalue weighted by Gasteiger charge is 2.16. The number of ether oxygens (including phenoxy) is 2. The lowest BCUT2D eigenvalue weighted by Gasteiger charge is -2.17. The highest BCUT2D eigenvalue weighted by Crippen LogP contribution is 2.03. The van der Waals surface area contributed by atoms with E-state index in [1.54, 1.807) is 0 Å². The van der Waals surface area contributed by atoms with Gasteiger partial charge in [-0.05, 0) is 19.9 Å². The topological polar surface area (TPSA) is 81.7 Å². The number of hydrogen-bond acceptors (Lipinski definition) is 5. The van der Waals surface area contributed by atoms with Gasteiger partial charge in [0.1, 0.15) is 0 Å². The molecule has 0 atom stereocenters. The van der Waals surface area contributed by atoms with Crippen LogP contribution in [0, 0.1) is 5.92 Å². The average molecular weight is 295 g/mol. The van der Waals surface area contributed by atoms with Crippen LogP contribution in [0.3, 0.4) is 0 Å². The lowest BCUT2D eigenvalue weighted by Crippen LogP contribution is -2.33. The average Bonchev–Trinajstić information content (AvgIpc) is 2.44. The van der Waals surface area contributed by atoms with Gasteiger partial charge in [-0.1, -0.05) is 19.7 Å². The van der Waals surface area contributed by atoms with Crippen LogP contribution >= 0.6 is 0 Å². The molecule has 0 aliphatic heterocycles. The summed E-state index contributed by atoms with van der Waals surface area (Å²) >= 11 is 0. The first-order chi connectivity index (χ1) is 9.77. The molecular formula is C15H21NO5. The first-order valence-electron chi connectivity index (χ1n) is 6.33. The lowest BCUT2D eigenvalue weighted by atomic mass is 10.1. The summed E-state index contributed by atoms with van der Waals surface area (Å²) in [6.07, 6.45) is 1.12. The molecule has 0 saturated heterocycles. The summed E-state index contributed by atoms with van der Waals surface area (Å²) in [6, 6.07) is 0. The standard InChI is InChI=1S/C15H21NO5/c1-6-13(17)16-7-12(8-20-14(18)10(2)3)9-21-15(19)11(4)5/h6,12H,1-2,4,7-9H2,3,5H3,(H,16,17). The van der Waals surface area contributed by atoms with Gasteiger partial charge in [0, 0.05) is 23.6 Å². The first-order valence-corrected chi connectivity index (χ1v) is 6.33. The van der Waals surface area contributed by atoms with Crippen molar-refractivity contribution in [1.29, 1.82) is 0 Å². The molecule has 21 heavy (non-hydrogen) atoms. The van der Waals surface area contributed by atoms with E-state index in [1.807, 2.05) is 0 Å². The number of carbonyl (C=O) groups excluding carboxylic acids is 3. The highest BCUT2D eigenvalue weighted by atomic mass is 16.5. The Morgan fingerprint density at radius 1 is 1.05 bits per heavy atom. The molecular weight excluding hydrogens is 274 g/mol. The molecule has 0 unspecified atom stereocenters. The van der Waals surface area contributed by atoms with E-state index in [0.717, 1.165) is 6.08 Å². The molecule has 0 aliphatic carbocycles. The second-order valence-electron chi connectivity index (χ2n) is 4.57. The third kappa shape index (κ3) is 8.41. The summed E-state index contributed by atoms with van der Waals surface area (Å²) < 4.78 is 9.99. The Labute approximate surface area is 124 Å². The molecule has 0 rings (SSSR count). The van der Waals surface area contributed by atoms with Crippen molar-refractivity contribution in [2.24, 2.45) is 5.92 Å². The van der Waals surface area contributed by atoms with E-state index in [2.05, 4.69) is 25.1 Å². The molecule has 1 N–H and O–H groups in total. The summed E-state index contributed by atoms with van der Waals surface area (Å²) in [6.45, 7) is 13.5. The summed E-state index contributed by atoms with van der Waals surface area (Å²) in [4.78, 5) is 33.8. The van der Waals surface area contributed by atoms with Gasteiger partial charge in [0.25, 0.3) is 0 Å². The second kappa shape index (κ2) is 9.52. The summed E-state index contributed by atoms with van der Waals surface area (Å²) in [7, 11) is 0. The molecule has 0 radical (unpaired) electrons. The van der Waals surface area contributed by atoms with Crippen molar-refractivity contribution in [2.45, 2.75) is 13.8 Å². The van der Waals surface area contributed by atoms with E-state index in [9.17, 15) is 14.4 Å². The highest BCUT2D eigenvalue weighted by molar-refractivity contribution is 5.87. The Hall–Kier alpha value is -2.37. The Balaban J connectivity index is 4.45. The normalized spacial score (nSPS) is 9.67. The number of esters is 2. The molecule has 0 bridgehead atoms. The van der Waals surface area contributed by atoms with E-state index in [-0.39, 0.29) is 42.7 Å². The van der Waals surface area contributed by atoms with Crippen LogP contribution in [-0.2, 0) is 23.9 Å². The number of hydrogen-bond donors (Lipinski definition) is 1. The zero-order valence-corrected chi connectivity index (χ0v) is 12.4. The van der Waals surface area contributed by atoms with Gasteiger partial charge >= 0.3 is 11.9 Å². The Morgan fingerprint density at radius 2 is 1.48 bits per heavy atom. The van der Waals surface area contributed by atoms with Crippen LogP contribution in [0.2, 0.25) is 0 Å². The van der Waals surface area contributed by atoms with Crippen LogP contribution in [0.5, 0.6) is 0 Å². The van der Waals surface area contributed by atoms with Crippen LogP contribution in [-0.4, -0.2) is 37.6 Å². The van der Waals surface area contributed by atoms with E-state index in [4.69, 9.17) is 9.47 Å². The second-order valence-corrected chi connectivity index (χ2v) is 4.57. The monoisotopic (exact) mass is 295 g/mol. The fourth-order valence-electron chi connectivity index (χ4n) is 1.12. The zero-order chi connectivity index (χ0) is 16.4. The molecule has 0 heterocycles. The van der Waals surface area contributed by atoms with Crippen LogP contribution in [0.4, 0.5) is 0 Å². The minimum atomic E-state index is -0.540. The third-order valence-electron chi connectivity index (χ3n) is 2.35. The number of amides is 1. The van der Waals surface area contributed by atoms with Crippen molar-refractivity contribution >= 4 is 17.8 Å². The van der Waals surface area contributed by atoms with Crippen molar-refractivity contribution < 1.29 is 23.9 Å². The zero-order valence-electron chi connectivity index (χ0n) is 12.4. The van der Waals surface area contributed by atoms with Gasteiger partial charge in [0.2, 0.25) is 5.91 Å². The Kier molecular flexibility index (Phi) is 8.45. The van der Waals surface area contributed by atoms with Crippen molar-refractivity contribution in [3.63, 3.8) is 0 Å². The van der Waals surface area contributed by atoms with Gasteiger partial charge in [0.05, 0.1) is 13.2 Å². The summed E-state index contributed by atoms with van der Waals surface area (Å²) in [5.41, 5.74) is 0.533. The van der Waals surface area contributed by atoms with E-state index >= 15 is 0 Å². The summed E-state index contributed by atoms with van der Waals surface area (Å²) in [5.74, 6) is -1.82. The van der Waals surface area contributed by atoms with Crippen molar-refractivity contribution in [3.8, 4) is 0 Å². The van der Waals surface area contributed by atoms with Crippen LogP contribution < -0.4 is 5.32 Å². The van der Waals surface area contributed by atoms with Gasteiger partial charge in [-0.15, -0.1) is 0 Å². The number of rotatable bonds is 9. The van der Waals surface area contributed by atoms with Gasteiger partial charge in [0.15, 0.2) is 0 Å². The van der Waals surface area contributed by atoms with Crippen LogP contribution in [0.25, 0.3) is 0 Å². The first kappa shape index (κ1) is 18.6. The largest absolute Gasteiger partial charge is 0.462 e. The third-order valence-corrected chi connectivity index (χ3v) is 2.35. The molecule has 0 aromatic carbocycles. The van der Waals surface area contributed by atoms with Gasteiger partial charge in [-0.2, -0.15) is 0 Å². The number of nitrogens with one attached hydrogen (secondary N) is 1. The molecule has 0 aromatic heterocycles. The van der Waals surface area contributed by atoms with E-state index in [1.165, 1.54) is 13.8 Å². The predicted octanol–water partition coefficient (Wildman–Crippen LogP) is 1.14. The van der Waals surface area contributed by atoms with Crippen molar-refractivity contribution in [2.75, 3.05) is 19.8 Å². The van der Waals surface area contributed by atoms with Crippen LogP contribution in [0.15, 0.2) is 37.0 Å². The molecule has 0 spiro atoms. The van der Waals surface area contributed by atoms with E-state index < -0.39 is 11.9 Å². The fraction of sp³-hybridized carbons (Fsp3) is 0.400. The smallest absolute Gasteiger partial charge is 0.333 e. The Morgan fingerprint density at radius 3 is 1.81 bits per heavy atom. The SMILES string of the molecule is C=CC(=O)NCC(COC(=O)C(=C)C)COC(=O)C(=C)C. The van der Waals surface area contributed by atoms with Gasteiger partial charge in [-0.25, -0.2) is 9.59 Å². The quantitative estimate of drug-likeness (QED) is 0.509. The molecule has 6 heteroatoms. The maximum Gasteiger partial charge on any atom is 0.333 e. The molecule has 0 saturated carbocycles. The van der Waals surface area contributed by atoms with Crippen LogP contribution in [0.1, 0.15) is 13.8 Å². The molecule has 0 aliphatic rings. The Bertz CT molecular complexity index is 423. The maximum atomic E-state index is 11.3.